The number of hydrogen-bond donors (Lipinski definition) is 0. The number of aryl methyl sites for hydroxylation is 2. The molecule has 0 aliphatic heterocycles. The van der Waals surface area contributed by atoms with Crippen molar-refractivity contribution < 1.29 is 22.6 Å². The molecule has 7 heteroatoms. The fourth-order valence-electron chi connectivity index (χ4n) is 3.65. The number of ether oxygens (including phenoxy) is 2. The SMILES string of the molecule is COc1ccc(-c2c3ccccc3cc(C)[n+]2[N-]S(=O)(=O)c2ccc(C)cc2)cc1OC. The molecule has 0 N–H and O–H groups in total. The molecule has 32 heavy (non-hydrogen) atoms. The molecule has 0 amide bonds. The van der Waals surface area contributed by atoms with Gasteiger partial charge in [0.2, 0.25) is 5.69 Å². The number of fused-ring (bicyclic) bond motifs is 1. The maximum absolute atomic E-state index is 13.2. The summed E-state index contributed by atoms with van der Waals surface area (Å²) < 4.78 is 38.7. The number of sulfonamides is 1. The fourth-order valence-corrected chi connectivity index (χ4v) is 4.65. The quantitative estimate of drug-likeness (QED) is 0.391. The lowest BCUT2D eigenvalue weighted by molar-refractivity contribution is -0.607. The highest BCUT2D eigenvalue weighted by atomic mass is 32.2. The lowest BCUT2D eigenvalue weighted by atomic mass is 10.0. The van der Waals surface area contributed by atoms with Crippen LogP contribution < -0.4 is 14.1 Å². The van der Waals surface area contributed by atoms with Crippen LogP contribution in [0.15, 0.2) is 77.7 Å². The molecule has 4 aromatic rings. The number of nitrogens with zero attached hydrogens (tertiary/aromatic N) is 2. The van der Waals surface area contributed by atoms with Crippen molar-refractivity contribution in [3.8, 4) is 22.8 Å². The first-order chi connectivity index (χ1) is 15.3. The summed E-state index contributed by atoms with van der Waals surface area (Å²) in [5.41, 5.74) is 3.07. The van der Waals surface area contributed by atoms with Gasteiger partial charge < -0.3 is 14.3 Å². The Morgan fingerprint density at radius 2 is 1.50 bits per heavy atom. The van der Waals surface area contributed by atoms with Crippen molar-refractivity contribution in [3.05, 3.63) is 88.9 Å². The van der Waals surface area contributed by atoms with Crippen LogP contribution in [0.2, 0.25) is 0 Å². The van der Waals surface area contributed by atoms with Gasteiger partial charge in [0, 0.05) is 13.0 Å². The number of aromatic nitrogens is 1. The molecule has 0 fully saturated rings. The summed E-state index contributed by atoms with van der Waals surface area (Å²) in [6.45, 7) is 3.75. The third kappa shape index (κ3) is 3.99. The minimum atomic E-state index is -3.95. The molecule has 0 spiro atoms. The first kappa shape index (κ1) is 21.6. The first-order valence-corrected chi connectivity index (χ1v) is 11.5. The average Bonchev–Trinajstić information content (AvgIpc) is 2.79. The molecule has 0 aliphatic carbocycles. The summed E-state index contributed by atoms with van der Waals surface area (Å²) >= 11 is 0. The summed E-state index contributed by atoms with van der Waals surface area (Å²) in [6, 6.07) is 21.9. The van der Waals surface area contributed by atoms with Gasteiger partial charge in [0.15, 0.2) is 27.2 Å². The zero-order chi connectivity index (χ0) is 22.9. The van der Waals surface area contributed by atoms with Gasteiger partial charge in [-0.25, -0.2) is 13.1 Å². The van der Waals surface area contributed by atoms with Crippen molar-refractivity contribution in [2.45, 2.75) is 18.7 Å². The molecule has 3 aromatic carbocycles. The number of pyridine rings is 1. The van der Waals surface area contributed by atoms with E-state index in [0.717, 1.165) is 21.9 Å². The van der Waals surface area contributed by atoms with E-state index in [4.69, 9.17) is 9.47 Å². The van der Waals surface area contributed by atoms with Crippen molar-refractivity contribution in [1.82, 2.24) is 0 Å². The van der Waals surface area contributed by atoms with E-state index in [1.54, 1.807) is 44.6 Å². The van der Waals surface area contributed by atoms with Gasteiger partial charge in [0.1, 0.15) is 0 Å². The van der Waals surface area contributed by atoms with Crippen molar-refractivity contribution in [1.29, 1.82) is 0 Å². The third-order valence-electron chi connectivity index (χ3n) is 5.29. The Hall–Kier alpha value is -3.58. The van der Waals surface area contributed by atoms with E-state index in [1.165, 1.54) is 4.68 Å². The van der Waals surface area contributed by atoms with Crippen LogP contribution in [0.4, 0.5) is 0 Å². The largest absolute Gasteiger partial charge is 0.493 e. The maximum atomic E-state index is 13.2. The minimum Gasteiger partial charge on any atom is -0.493 e. The van der Waals surface area contributed by atoms with Gasteiger partial charge in [-0.1, -0.05) is 35.9 Å². The lowest BCUT2D eigenvalue weighted by Gasteiger charge is -2.21. The van der Waals surface area contributed by atoms with E-state index in [1.807, 2.05) is 56.3 Å². The van der Waals surface area contributed by atoms with Crippen LogP contribution in [0, 0.1) is 13.8 Å². The van der Waals surface area contributed by atoms with E-state index in [0.29, 0.717) is 22.9 Å². The minimum absolute atomic E-state index is 0.140. The van der Waals surface area contributed by atoms with Crippen molar-refractivity contribution in [3.63, 3.8) is 0 Å². The molecule has 0 unspecified atom stereocenters. The molecule has 0 atom stereocenters. The number of rotatable bonds is 6. The molecule has 1 heterocycles. The topological polar surface area (TPSA) is 70.6 Å². The molecular weight excluding hydrogens is 424 g/mol. The van der Waals surface area contributed by atoms with Gasteiger partial charge in [-0.2, -0.15) is 0 Å². The summed E-state index contributed by atoms with van der Waals surface area (Å²) in [5, 5.41) is 1.85. The van der Waals surface area contributed by atoms with Gasteiger partial charge in [-0.3, -0.25) is 0 Å². The number of benzene rings is 3. The Bertz CT molecular complexity index is 1400. The summed E-state index contributed by atoms with van der Waals surface area (Å²) in [7, 11) is -0.810. The van der Waals surface area contributed by atoms with E-state index < -0.39 is 10.0 Å². The zero-order valence-electron chi connectivity index (χ0n) is 18.4. The van der Waals surface area contributed by atoms with Crippen LogP contribution in [-0.4, -0.2) is 22.6 Å². The summed E-state index contributed by atoms with van der Waals surface area (Å²) in [6.07, 6.45) is 0. The van der Waals surface area contributed by atoms with E-state index in [9.17, 15) is 8.42 Å². The number of methoxy groups -OCH3 is 2. The molecular formula is C25H24N2O4S. The molecule has 164 valence electrons. The Balaban J connectivity index is 1.96. The highest BCUT2D eigenvalue weighted by molar-refractivity contribution is 7.93. The molecule has 0 bridgehead atoms. The van der Waals surface area contributed by atoms with E-state index in [2.05, 4.69) is 4.83 Å². The Morgan fingerprint density at radius 1 is 0.812 bits per heavy atom. The highest BCUT2D eigenvalue weighted by Gasteiger charge is 2.21. The Kier molecular flexibility index (Phi) is 5.76. The van der Waals surface area contributed by atoms with Gasteiger partial charge in [0.05, 0.1) is 30.1 Å². The Morgan fingerprint density at radius 3 is 2.19 bits per heavy atom. The molecule has 0 saturated carbocycles. The summed E-state index contributed by atoms with van der Waals surface area (Å²) in [5.74, 6) is 1.13. The predicted molar refractivity (Wildman–Crippen MR) is 125 cm³/mol. The van der Waals surface area contributed by atoms with E-state index in [-0.39, 0.29) is 4.90 Å². The molecule has 0 aliphatic rings. The van der Waals surface area contributed by atoms with Crippen LogP contribution in [-0.2, 0) is 10.0 Å². The van der Waals surface area contributed by atoms with Gasteiger partial charge in [-0.05, 0) is 48.7 Å². The molecule has 6 nitrogen and oxygen atoms in total. The van der Waals surface area contributed by atoms with Crippen molar-refractivity contribution in [2.75, 3.05) is 14.2 Å². The predicted octanol–water partition coefficient (Wildman–Crippen LogP) is 4.95. The summed E-state index contributed by atoms with van der Waals surface area (Å²) in [4.78, 5) is 4.37. The Labute approximate surface area is 188 Å². The van der Waals surface area contributed by atoms with Crippen LogP contribution in [0.3, 0.4) is 0 Å². The van der Waals surface area contributed by atoms with Crippen molar-refractivity contribution in [2.24, 2.45) is 0 Å². The second-order valence-corrected chi connectivity index (χ2v) is 9.06. The maximum Gasteiger partial charge on any atom is 0.216 e. The van der Waals surface area contributed by atoms with Crippen molar-refractivity contribution >= 4 is 20.8 Å². The second kappa shape index (κ2) is 8.51. The van der Waals surface area contributed by atoms with Crippen LogP contribution in [0.1, 0.15) is 11.3 Å². The second-order valence-electron chi connectivity index (χ2n) is 7.47. The van der Waals surface area contributed by atoms with Crippen LogP contribution in [0.5, 0.6) is 11.5 Å². The number of hydrogen-bond acceptors (Lipinski definition) is 4. The smallest absolute Gasteiger partial charge is 0.216 e. The lowest BCUT2D eigenvalue weighted by Crippen LogP contribution is -2.38. The average molecular weight is 449 g/mol. The third-order valence-corrected chi connectivity index (χ3v) is 6.54. The molecule has 0 radical (unpaired) electrons. The standard InChI is InChI=1S/C25H24N2O4S/c1-17-9-12-21(13-10-17)32(28,29)26-27-18(2)15-19-7-5-6-8-22(19)25(27)20-11-14-23(30-3)24(16-20)31-4/h5-16H,1-4H3. The highest BCUT2D eigenvalue weighted by Crippen LogP contribution is 2.35. The first-order valence-electron chi connectivity index (χ1n) is 10.1. The zero-order valence-corrected chi connectivity index (χ0v) is 19.2. The fraction of sp³-hybridized carbons (Fsp3) is 0.160. The van der Waals surface area contributed by atoms with Gasteiger partial charge in [-0.15, -0.1) is 0 Å². The molecule has 0 saturated heterocycles. The van der Waals surface area contributed by atoms with E-state index >= 15 is 0 Å². The normalized spacial score (nSPS) is 11.4. The van der Waals surface area contributed by atoms with Gasteiger partial charge >= 0.3 is 0 Å². The monoisotopic (exact) mass is 448 g/mol. The molecule has 1 aromatic heterocycles. The van der Waals surface area contributed by atoms with Crippen LogP contribution >= 0.6 is 0 Å². The molecule has 4 rings (SSSR count). The van der Waals surface area contributed by atoms with Gasteiger partial charge in [0.25, 0.3) is 0 Å². The van der Waals surface area contributed by atoms with Crippen LogP contribution in [0.25, 0.3) is 26.9 Å².